The number of fused-ring (bicyclic) bond motifs is 2. The van der Waals surface area contributed by atoms with E-state index in [0.29, 0.717) is 41.2 Å². The molecule has 2 aliphatic rings. The molecule has 5 rings (SSSR count). The SMILES string of the molecule is O=C(C1Cc2cc(Cl)cc(-c3ccnc4ccc(F)cc34)c2O1)N1CCNCC1. The number of hydrogen-bond donors (Lipinski definition) is 1. The monoisotopic (exact) mass is 411 g/mol. The fourth-order valence-electron chi connectivity index (χ4n) is 4.10. The lowest BCUT2D eigenvalue weighted by molar-refractivity contribution is -0.138. The standard InChI is InChI=1S/C22H19ClFN3O2/c23-14-9-13-10-20(22(28)27-7-5-25-6-8-27)29-21(13)18(11-14)16-3-4-26-19-2-1-15(24)12-17(16)19/h1-4,9,11-12,20,25H,5-8,10H2. The maximum atomic E-state index is 13.9. The van der Waals surface area contributed by atoms with Gasteiger partial charge in [0.2, 0.25) is 0 Å². The highest BCUT2D eigenvalue weighted by atomic mass is 35.5. The molecule has 1 unspecified atom stereocenters. The van der Waals surface area contributed by atoms with E-state index in [9.17, 15) is 9.18 Å². The Morgan fingerprint density at radius 2 is 2.00 bits per heavy atom. The lowest BCUT2D eigenvalue weighted by Gasteiger charge is -2.29. The van der Waals surface area contributed by atoms with Crippen LogP contribution in [0.2, 0.25) is 5.02 Å². The predicted molar refractivity (Wildman–Crippen MR) is 110 cm³/mol. The van der Waals surface area contributed by atoms with Gasteiger partial charge in [0, 0.05) is 60.3 Å². The smallest absolute Gasteiger partial charge is 0.264 e. The third-order valence-electron chi connectivity index (χ3n) is 5.49. The molecule has 1 saturated heterocycles. The van der Waals surface area contributed by atoms with E-state index >= 15 is 0 Å². The Balaban J connectivity index is 1.56. The van der Waals surface area contributed by atoms with Crippen molar-refractivity contribution in [2.75, 3.05) is 26.2 Å². The quantitative estimate of drug-likeness (QED) is 0.702. The van der Waals surface area contributed by atoms with Crippen molar-refractivity contribution in [3.63, 3.8) is 0 Å². The number of halogens is 2. The first-order valence-electron chi connectivity index (χ1n) is 9.63. The molecule has 3 aromatic rings. The summed E-state index contributed by atoms with van der Waals surface area (Å²) in [6.07, 6.45) is 1.59. The van der Waals surface area contributed by atoms with Gasteiger partial charge in [-0.05, 0) is 42.0 Å². The van der Waals surface area contributed by atoms with Gasteiger partial charge < -0.3 is 15.0 Å². The van der Waals surface area contributed by atoms with Gasteiger partial charge in [-0.1, -0.05) is 11.6 Å². The topological polar surface area (TPSA) is 54.5 Å². The highest BCUT2D eigenvalue weighted by Gasteiger charge is 2.35. The molecule has 148 valence electrons. The number of nitrogens with one attached hydrogen (secondary N) is 1. The molecule has 1 fully saturated rings. The Kier molecular flexibility index (Phi) is 4.60. The molecule has 0 saturated carbocycles. The first-order valence-corrected chi connectivity index (χ1v) is 10.0. The Bertz CT molecular complexity index is 1110. The van der Waals surface area contributed by atoms with Gasteiger partial charge in [0.05, 0.1) is 5.52 Å². The molecule has 1 N–H and O–H groups in total. The Morgan fingerprint density at radius 1 is 1.17 bits per heavy atom. The molecule has 5 nitrogen and oxygen atoms in total. The van der Waals surface area contributed by atoms with E-state index in [-0.39, 0.29) is 11.7 Å². The van der Waals surface area contributed by atoms with Crippen LogP contribution in [0.5, 0.6) is 5.75 Å². The van der Waals surface area contributed by atoms with Gasteiger partial charge in [-0.2, -0.15) is 0 Å². The summed E-state index contributed by atoms with van der Waals surface area (Å²) >= 11 is 6.39. The fourth-order valence-corrected chi connectivity index (χ4v) is 4.35. The number of hydrogen-bond acceptors (Lipinski definition) is 4. The number of ether oxygens (including phenoxy) is 1. The van der Waals surface area contributed by atoms with Gasteiger partial charge in [0.15, 0.2) is 6.10 Å². The van der Waals surface area contributed by atoms with E-state index in [0.717, 1.165) is 29.8 Å². The van der Waals surface area contributed by atoms with Crippen molar-refractivity contribution in [3.8, 4) is 16.9 Å². The van der Waals surface area contributed by atoms with Crippen molar-refractivity contribution in [3.05, 3.63) is 59.0 Å². The van der Waals surface area contributed by atoms with Crippen molar-refractivity contribution in [2.24, 2.45) is 0 Å². The van der Waals surface area contributed by atoms with Crippen LogP contribution in [-0.4, -0.2) is 48.1 Å². The summed E-state index contributed by atoms with van der Waals surface area (Å²) in [5.41, 5.74) is 3.11. The van der Waals surface area contributed by atoms with Crippen molar-refractivity contribution >= 4 is 28.4 Å². The average molecular weight is 412 g/mol. The number of benzene rings is 2. The zero-order valence-corrected chi connectivity index (χ0v) is 16.4. The molecule has 29 heavy (non-hydrogen) atoms. The van der Waals surface area contributed by atoms with Gasteiger partial charge in [-0.15, -0.1) is 0 Å². The van der Waals surface area contributed by atoms with E-state index in [2.05, 4.69) is 10.3 Å². The van der Waals surface area contributed by atoms with E-state index in [1.807, 2.05) is 17.0 Å². The van der Waals surface area contributed by atoms with Crippen molar-refractivity contribution in [1.29, 1.82) is 0 Å². The van der Waals surface area contributed by atoms with E-state index in [4.69, 9.17) is 16.3 Å². The lowest BCUT2D eigenvalue weighted by Crippen LogP contribution is -2.50. The number of amides is 1. The average Bonchev–Trinajstić information content (AvgIpc) is 3.16. The molecule has 3 heterocycles. The maximum Gasteiger partial charge on any atom is 0.264 e. The number of piperazine rings is 1. The molecule has 7 heteroatoms. The number of carbonyl (C=O) groups is 1. The minimum Gasteiger partial charge on any atom is -0.479 e. The molecule has 0 spiro atoms. The fraction of sp³-hybridized carbons (Fsp3) is 0.273. The van der Waals surface area contributed by atoms with Crippen LogP contribution in [0.15, 0.2) is 42.6 Å². The van der Waals surface area contributed by atoms with Crippen LogP contribution in [0.3, 0.4) is 0 Å². The third kappa shape index (κ3) is 3.32. The summed E-state index contributed by atoms with van der Waals surface area (Å²) < 4.78 is 20.1. The summed E-state index contributed by atoms with van der Waals surface area (Å²) in [7, 11) is 0. The van der Waals surface area contributed by atoms with Crippen LogP contribution in [0, 0.1) is 5.82 Å². The van der Waals surface area contributed by atoms with Gasteiger partial charge in [0.1, 0.15) is 11.6 Å². The summed E-state index contributed by atoms with van der Waals surface area (Å²) in [5, 5.41) is 4.48. The molecule has 2 aromatic carbocycles. The van der Waals surface area contributed by atoms with Crippen LogP contribution < -0.4 is 10.1 Å². The molecular weight excluding hydrogens is 393 g/mol. The number of aromatic nitrogens is 1. The minimum absolute atomic E-state index is 0.00426. The van der Waals surface area contributed by atoms with E-state index in [1.54, 1.807) is 18.3 Å². The summed E-state index contributed by atoms with van der Waals surface area (Å²) in [6, 6.07) is 9.97. The molecule has 0 radical (unpaired) electrons. The van der Waals surface area contributed by atoms with Crippen molar-refractivity contribution < 1.29 is 13.9 Å². The summed E-state index contributed by atoms with van der Waals surface area (Å²) in [5.74, 6) is 0.299. The summed E-state index contributed by atoms with van der Waals surface area (Å²) in [6.45, 7) is 2.93. The zero-order valence-electron chi connectivity index (χ0n) is 15.6. The summed E-state index contributed by atoms with van der Waals surface area (Å²) in [4.78, 5) is 19.1. The highest BCUT2D eigenvalue weighted by Crippen LogP contribution is 2.43. The molecule has 2 aliphatic heterocycles. The minimum atomic E-state index is -0.565. The predicted octanol–water partition coefficient (Wildman–Crippen LogP) is 3.43. The molecule has 1 aromatic heterocycles. The second-order valence-corrected chi connectivity index (χ2v) is 7.78. The first kappa shape index (κ1) is 18.3. The van der Waals surface area contributed by atoms with Crippen LogP contribution in [0.4, 0.5) is 4.39 Å². The second-order valence-electron chi connectivity index (χ2n) is 7.35. The normalized spacial score (nSPS) is 18.6. The lowest BCUT2D eigenvalue weighted by atomic mass is 9.97. The van der Waals surface area contributed by atoms with Crippen LogP contribution in [0.1, 0.15) is 5.56 Å². The van der Waals surface area contributed by atoms with E-state index in [1.165, 1.54) is 12.1 Å². The van der Waals surface area contributed by atoms with Crippen LogP contribution in [-0.2, 0) is 11.2 Å². The first-order chi connectivity index (χ1) is 14.1. The highest BCUT2D eigenvalue weighted by molar-refractivity contribution is 6.31. The van der Waals surface area contributed by atoms with Crippen LogP contribution >= 0.6 is 11.6 Å². The maximum absolute atomic E-state index is 13.9. The number of carbonyl (C=O) groups excluding carboxylic acids is 1. The molecule has 0 bridgehead atoms. The van der Waals surface area contributed by atoms with Gasteiger partial charge in [0.25, 0.3) is 5.91 Å². The zero-order chi connectivity index (χ0) is 20.0. The molecular formula is C22H19ClFN3O2. The number of pyridine rings is 1. The number of rotatable bonds is 2. The second kappa shape index (κ2) is 7.28. The van der Waals surface area contributed by atoms with Crippen molar-refractivity contribution in [2.45, 2.75) is 12.5 Å². The molecule has 1 amide bonds. The van der Waals surface area contributed by atoms with Gasteiger partial charge >= 0.3 is 0 Å². The number of nitrogens with zero attached hydrogens (tertiary/aromatic N) is 2. The van der Waals surface area contributed by atoms with Crippen LogP contribution in [0.25, 0.3) is 22.0 Å². The molecule has 0 aliphatic carbocycles. The van der Waals surface area contributed by atoms with E-state index < -0.39 is 6.10 Å². The Morgan fingerprint density at radius 3 is 2.83 bits per heavy atom. The Labute approximate surface area is 172 Å². The van der Waals surface area contributed by atoms with Crippen molar-refractivity contribution in [1.82, 2.24) is 15.2 Å². The van der Waals surface area contributed by atoms with Gasteiger partial charge in [-0.3, -0.25) is 9.78 Å². The molecule has 1 atom stereocenters. The Hall–Kier alpha value is -2.70. The van der Waals surface area contributed by atoms with Gasteiger partial charge in [-0.25, -0.2) is 4.39 Å². The third-order valence-corrected chi connectivity index (χ3v) is 5.71. The largest absolute Gasteiger partial charge is 0.479 e.